The molecule has 0 aromatic rings. The summed E-state index contributed by atoms with van der Waals surface area (Å²) < 4.78 is 0. The van der Waals surface area contributed by atoms with Gasteiger partial charge in [0.25, 0.3) is 5.91 Å². The van der Waals surface area contributed by atoms with E-state index in [1.165, 1.54) is 6.08 Å². The lowest BCUT2D eigenvalue weighted by molar-refractivity contribution is -0.113. The molecule has 5 nitrogen and oxygen atoms in total. The monoisotopic (exact) mass is 180 g/mol. The lowest BCUT2D eigenvalue weighted by Gasteiger charge is -1.89. The predicted octanol–water partition coefficient (Wildman–Crippen LogP) is 2.46. The molecule has 0 unspecified atom stereocenters. The van der Waals surface area contributed by atoms with E-state index in [1.54, 1.807) is 0 Å². The van der Waals surface area contributed by atoms with Crippen LogP contribution < -0.4 is 0 Å². The van der Waals surface area contributed by atoms with E-state index in [4.69, 9.17) is 0 Å². The normalized spacial score (nSPS) is 15.8. The van der Waals surface area contributed by atoms with Gasteiger partial charge in [0.15, 0.2) is 0 Å². The van der Waals surface area contributed by atoms with Crippen molar-refractivity contribution in [1.29, 1.82) is 0 Å². The summed E-state index contributed by atoms with van der Waals surface area (Å²) in [4.78, 5) is 10.6. The largest absolute Gasteiger partial charge is 0.292 e. The molecular formula is C8H12N4O. The number of hydrogen-bond donors (Lipinski definition) is 0. The third-order valence-corrected chi connectivity index (χ3v) is 1.54. The first-order valence-electron chi connectivity index (χ1n) is 4.38. The fourth-order valence-electron chi connectivity index (χ4n) is 0.873. The van der Waals surface area contributed by atoms with Gasteiger partial charge in [0.2, 0.25) is 5.82 Å². The van der Waals surface area contributed by atoms with Gasteiger partial charge in [0.05, 0.1) is 12.6 Å². The minimum absolute atomic E-state index is 0.307. The summed E-state index contributed by atoms with van der Waals surface area (Å²) in [5, 5.41) is 14.4. The Balaban J connectivity index is 2.21. The molecule has 1 aliphatic rings. The second-order valence-electron chi connectivity index (χ2n) is 2.71. The van der Waals surface area contributed by atoms with E-state index < -0.39 is 0 Å². The third kappa shape index (κ3) is 3.68. The van der Waals surface area contributed by atoms with Gasteiger partial charge in [0.1, 0.15) is 0 Å². The van der Waals surface area contributed by atoms with Crippen LogP contribution in [-0.2, 0) is 4.79 Å². The number of azo groups is 2. The summed E-state index contributed by atoms with van der Waals surface area (Å²) in [7, 11) is 0. The van der Waals surface area contributed by atoms with Crippen LogP contribution in [0.2, 0.25) is 0 Å². The molecule has 13 heavy (non-hydrogen) atoms. The highest BCUT2D eigenvalue weighted by molar-refractivity contribution is 5.90. The average Bonchev–Trinajstić information content (AvgIpc) is 2.51. The molecule has 1 rings (SSSR count). The van der Waals surface area contributed by atoms with Crippen molar-refractivity contribution < 1.29 is 4.79 Å². The van der Waals surface area contributed by atoms with E-state index in [2.05, 4.69) is 27.4 Å². The smallest absolute Gasteiger partial charge is 0.266 e. The minimum Gasteiger partial charge on any atom is -0.266 e. The van der Waals surface area contributed by atoms with Crippen LogP contribution in [0, 0.1) is 0 Å². The van der Waals surface area contributed by atoms with Crippen molar-refractivity contribution in [3.63, 3.8) is 0 Å². The van der Waals surface area contributed by atoms with Crippen molar-refractivity contribution in [2.75, 3.05) is 6.54 Å². The van der Waals surface area contributed by atoms with Crippen LogP contribution in [0.5, 0.6) is 0 Å². The molecule has 1 heterocycles. The van der Waals surface area contributed by atoms with Crippen molar-refractivity contribution in [2.45, 2.75) is 26.2 Å². The SMILES string of the molecule is CCCCCN=NC1=CC(=O)N=N1. The number of nitrogens with zero attached hydrogens (tertiary/aromatic N) is 4. The molecule has 1 amide bonds. The number of carbonyl (C=O) groups is 1. The van der Waals surface area contributed by atoms with Crippen molar-refractivity contribution >= 4 is 5.91 Å². The van der Waals surface area contributed by atoms with Crippen LogP contribution in [-0.4, -0.2) is 12.5 Å². The molecule has 0 fully saturated rings. The van der Waals surface area contributed by atoms with Gasteiger partial charge in [-0.15, -0.1) is 15.3 Å². The first kappa shape index (κ1) is 9.70. The van der Waals surface area contributed by atoms with Crippen LogP contribution in [0.4, 0.5) is 0 Å². The Morgan fingerprint density at radius 3 is 2.85 bits per heavy atom. The van der Waals surface area contributed by atoms with Crippen LogP contribution in [0.1, 0.15) is 26.2 Å². The fourth-order valence-corrected chi connectivity index (χ4v) is 0.873. The summed E-state index contributed by atoms with van der Waals surface area (Å²) in [6.45, 7) is 2.82. The van der Waals surface area contributed by atoms with Crippen LogP contribution in [0.25, 0.3) is 0 Å². The molecule has 70 valence electrons. The summed E-state index contributed by atoms with van der Waals surface area (Å²) >= 11 is 0. The van der Waals surface area contributed by atoms with Gasteiger partial charge in [0, 0.05) is 0 Å². The second-order valence-corrected chi connectivity index (χ2v) is 2.71. The standard InChI is InChI=1S/C8H12N4O/c1-2-3-4-5-9-10-7-6-8(13)12-11-7/h6H,2-5H2,1H3. The highest BCUT2D eigenvalue weighted by Gasteiger charge is 2.05. The summed E-state index contributed by atoms with van der Waals surface area (Å²) in [6.07, 6.45) is 4.61. The van der Waals surface area contributed by atoms with E-state index in [-0.39, 0.29) is 5.91 Å². The molecule has 0 bridgehead atoms. The lowest BCUT2D eigenvalue weighted by Crippen LogP contribution is -1.79. The number of hydrogen-bond acceptors (Lipinski definition) is 4. The van der Waals surface area contributed by atoms with Crippen molar-refractivity contribution in [1.82, 2.24) is 0 Å². The van der Waals surface area contributed by atoms with Crippen LogP contribution >= 0.6 is 0 Å². The van der Waals surface area contributed by atoms with Gasteiger partial charge >= 0.3 is 0 Å². The highest BCUT2D eigenvalue weighted by Crippen LogP contribution is 2.08. The predicted molar refractivity (Wildman–Crippen MR) is 47.2 cm³/mol. The highest BCUT2D eigenvalue weighted by atomic mass is 16.1. The Kier molecular flexibility index (Phi) is 3.95. The van der Waals surface area contributed by atoms with Crippen molar-refractivity contribution in [3.8, 4) is 0 Å². The summed E-state index contributed by atoms with van der Waals surface area (Å²) in [5.74, 6) is -0.0518. The molecule has 0 spiro atoms. The van der Waals surface area contributed by atoms with Gasteiger partial charge in [-0.1, -0.05) is 19.8 Å². The summed E-state index contributed by atoms with van der Waals surface area (Å²) in [5.41, 5.74) is 0. The topological polar surface area (TPSA) is 66.5 Å². The Morgan fingerprint density at radius 1 is 1.38 bits per heavy atom. The number of amides is 1. The molecule has 5 heteroatoms. The molecule has 0 saturated heterocycles. The van der Waals surface area contributed by atoms with Gasteiger partial charge < -0.3 is 0 Å². The Labute approximate surface area is 76.7 Å². The number of rotatable bonds is 5. The summed E-state index contributed by atoms with van der Waals surface area (Å²) in [6, 6.07) is 0. The Hall–Kier alpha value is -1.39. The van der Waals surface area contributed by atoms with Gasteiger partial charge in [-0.3, -0.25) is 4.79 Å². The van der Waals surface area contributed by atoms with E-state index in [0.717, 1.165) is 19.3 Å². The molecular weight excluding hydrogens is 168 g/mol. The lowest BCUT2D eigenvalue weighted by atomic mass is 10.3. The molecule has 0 aromatic carbocycles. The zero-order valence-corrected chi connectivity index (χ0v) is 7.60. The molecule has 0 aliphatic carbocycles. The van der Waals surface area contributed by atoms with E-state index in [9.17, 15) is 4.79 Å². The van der Waals surface area contributed by atoms with E-state index >= 15 is 0 Å². The maximum Gasteiger partial charge on any atom is 0.292 e. The Bertz CT molecular complexity index is 267. The molecule has 0 N–H and O–H groups in total. The first-order valence-corrected chi connectivity index (χ1v) is 4.38. The minimum atomic E-state index is -0.359. The zero-order chi connectivity index (χ0) is 9.52. The van der Waals surface area contributed by atoms with Gasteiger partial charge in [-0.25, -0.2) is 0 Å². The average molecular weight is 180 g/mol. The molecule has 0 aromatic heterocycles. The number of carbonyl (C=O) groups excluding carboxylic acids is 1. The van der Waals surface area contributed by atoms with Crippen molar-refractivity contribution in [2.24, 2.45) is 20.5 Å². The molecule has 1 aliphatic heterocycles. The van der Waals surface area contributed by atoms with Gasteiger partial charge in [-0.2, -0.15) is 5.11 Å². The number of unbranched alkanes of at least 4 members (excludes halogenated alkanes) is 2. The molecule has 0 atom stereocenters. The maximum atomic E-state index is 10.6. The maximum absolute atomic E-state index is 10.6. The van der Waals surface area contributed by atoms with Crippen LogP contribution in [0.3, 0.4) is 0 Å². The zero-order valence-electron chi connectivity index (χ0n) is 7.60. The molecule has 0 saturated carbocycles. The van der Waals surface area contributed by atoms with E-state index in [1.807, 2.05) is 0 Å². The third-order valence-electron chi connectivity index (χ3n) is 1.54. The fraction of sp³-hybridized carbons (Fsp3) is 0.625. The quantitative estimate of drug-likeness (QED) is 0.473. The van der Waals surface area contributed by atoms with Gasteiger partial charge in [-0.05, 0) is 6.42 Å². The second kappa shape index (κ2) is 5.29. The molecule has 0 radical (unpaired) electrons. The van der Waals surface area contributed by atoms with Crippen molar-refractivity contribution in [3.05, 3.63) is 11.9 Å². The van der Waals surface area contributed by atoms with Crippen LogP contribution in [0.15, 0.2) is 32.4 Å². The Morgan fingerprint density at radius 2 is 2.23 bits per heavy atom. The van der Waals surface area contributed by atoms with E-state index in [0.29, 0.717) is 12.4 Å². The first-order chi connectivity index (χ1) is 6.33.